The van der Waals surface area contributed by atoms with Crippen molar-refractivity contribution in [3.05, 3.63) is 0 Å². The molecular formula is C14H25N3O3. The van der Waals surface area contributed by atoms with Gasteiger partial charge in [-0.3, -0.25) is 14.4 Å². The van der Waals surface area contributed by atoms with E-state index >= 15 is 0 Å². The first kappa shape index (κ1) is 16.5. The summed E-state index contributed by atoms with van der Waals surface area (Å²) in [6.07, 6.45) is 4.84. The molecule has 0 aromatic carbocycles. The molecule has 114 valence electrons. The van der Waals surface area contributed by atoms with Crippen molar-refractivity contribution in [1.29, 1.82) is 0 Å². The highest BCUT2D eigenvalue weighted by atomic mass is 16.2. The van der Waals surface area contributed by atoms with Crippen LogP contribution in [0.2, 0.25) is 0 Å². The lowest BCUT2D eigenvalue weighted by atomic mass is 9.82. The first-order chi connectivity index (χ1) is 9.47. The summed E-state index contributed by atoms with van der Waals surface area (Å²) >= 11 is 0. The normalized spacial score (nSPS) is 21.9. The van der Waals surface area contributed by atoms with E-state index in [4.69, 9.17) is 0 Å². The molecule has 0 unspecified atom stereocenters. The fraction of sp³-hybridized carbons (Fsp3) is 0.786. The maximum absolute atomic E-state index is 11.6. The predicted octanol–water partition coefficient (Wildman–Crippen LogP) is 0.181. The van der Waals surface area contributed by atoms with Crippen molar-refractivity contribution in [1.82, 2.24) is 16.0 Å². The highest BCUT2D eigenvalue weighted by molar-refractivity contribution is 5.87. The average molecular weight is 283 g/mol. The smallest absolute Gasteiger partial charge is 0.239 e. The van der Waals surface area contributed by atoms with Gasteiger partial charge < -0.3 is 16.0 Å². The Balaban J connectivity index is 2.10. The molecule has 1 saturated carbocycles. The predicted molar refractivity (Wildman–Crippen MR) is 75.8 cm³/mol. The van der Waals surface area contributed by atoms with E-state index < -0.39 is 0 Å². The zero-order valence-corrected chi connectivity index (χ0v) is 12.3. The molecule has 2 atom stereocenters. The highest BCUT2D eigenvalue weighted by Gasteiger charge is 2.19. The van der Waals surface area contributed by atoms with Crippen LogP contribution in [0.25, 0.3) is 0 Å². The van der Waals surface area contributed by atoms with Gasteiger partial charge in [-0.25, -0.2) is 0 Å². The monoisotopic (exact) mass is 283 g/mol. The van der Waals surface area contributed by atoms with Crippen molar-refractivity contribution in [3.63, 3.8) is 0 Å². The molecule has 0 heterocycles. The molecule has 1 fully saturated rings. The fourth-order valence-electron chi connectivity index (χ4n) is 2.51. The molecule has 3 N–H and O–H groups in total. The van der Waals surface area contributed by atoms with Crippen LogP contribution in [0.4, 0.5) is 0 Å². The zero-order valence-electron chi connectivity index (χ0n) is 12.3. The van der Waals surface area contributed by atoms with Crippen LogP contribution in [0.15, 0.2) is 0 Å². The summed E-state index contributed by atoms with van der Waals surface area (Å²) in [4.78, 5) is 33.5. The second-order valence-electron chi connectivity index (χ2n) is 5.63. The largest absolute Gasteiger partial charge is 0.354 e. The quantitative estimate of drug-likeness (QED) is 0.650. The van der Waals surface area contributed by atoms with Crippen LogP contribution in [-0.4, -0.2) is 37.4 Å². The van der Waals surface area contributed by atoms with E-state index in [0.717, 1.165) is 12.3 Å². The molecule has 0 saturated heterocycles. The van der Waals surface area contributed by atoms with Crippen LogP contribution in [-0.2, 0) is 14.4 Å². The maximum Gasteiger partial charge on any atom is 0.239 e. The van der Waals surface area contributed by atoms with Gasteiger partial charge in [0.2, 0.25) is 17.7 Å². The standard InChI is InChI=1S/C14H25N3O3/c1-10-4-3-5-12(6-10)7-16-14(20)9-17-13(19)8-15-11(2)18/h10,12H,3-9H2,1-2H3,(H,15,18)(H,16,20)(H,17,19)/t10-,12+/m1/s1. The summed E-state index contributed by atoms with van der Waals surface area (Å²) in [6.45, 7) is 4.13. The van der Waals surface area contributed by atoms with Crippen LogP contribution in [0.1, 0.15) is 39.5 Å². The molecule has 6 heteroatoms. The first-order valence-corrected chi connectivity index (χ1v) is 7.25. The molecule has 1 aliphatic rings. The lowest BCUT2D eigenvalue weighted by molar-refractivity contribution is -0.127. The number of carbonyl (C=O) groups is 3. The molecule has 1 rings (SSSR count). The fourth-order valence-corrected chi connectivity index (χ4v) is 2.51. The Morgan fingerprint density at radius 1 is 1.00 bits per heavy atom. The van der Waals surface area contributed by atoms with Crippen molar-refractivity contribution in [2.24, 2.45) is 11.8 Å². The molecule has 3 amide bonds. The molecule has 20 heavy (non-hydrogen) atoms. The minimum Gasteiger partial charge on any atom is -0.354 e. The third-order valence-corrected chi connectivity index (χ3v) is 3.58. The van der Waals surface area contributed by atoms with Gasteiger partial charge >= 0.3 is 0 Å². The van der Waals surface area contributed by atoms with Crippen LogP contribution in [0.5, 0.6) is 0 Å². The second kappa shape index (κ2) is 8.55. The molecular weight excluding hydrogens is 258 g/mol. The summed E-state index contributed by atoms with van der Waals surface area (Å²) in [5.74, 6) is 0.484. The second-order valence-corrected chi connectivity index (χ2v) is 5.63. The van der Waals surface area contributed by atoms with E-state index in [1.54, 1.807) is 0 Å². The number of nitrogens with one attached hydrogen (secondary N) is 3. The molecule has 0 spiro atoms. The van der Waals surface area contributed by atoms with Gasteiger partial charge in [-0.2, -0.15) is 0 Å². The minimum absolute atomic E-state index is 0.0410. The number of hydrogen-bond donors (Lipinski definition) is 3. The van der Waals surface area contributed by atoms with Crippen molar-refractivity contribution < 1.29 is 14.4 Å². The van der Waals surface area contributed by atoms with Gasteiger partial charge in [0.05, 0.1) is 13.1 Å². The Hall–Kier alpha value is -1.59. The average Bonchev–Trinajstić information content (AvgIpc) is 2.40. The Morgan fingerprint density at radius 2 is 1.65 bits per heavy atom. The molecule has 0 aromatic rings. The van der Waals surface area contributed by atoms with Gasteiger partial charge in [0.1, 0.15) is 0 Å². The molecule has 0 radical (unpaired) electrons. The summed E-state index contributed by atoms with van der Waals surface area (Å²) in [5, 5.41) is 7.70. The van der Waals surface area contributed by atoms with Gasteiger partial charge in [-0.1, -0.05) is 19.8 Å². The van der Waals surface area contributed by atoms with Crippen LogP contribution in [0, 0.1) is 11.8 Å². The molecule has 1 aliphatic carbocycles. The van der Waals surface area contributed by atoms with Gasteiger partial charge in [-0.15, -0.1) is 0 Å². The van der Waals surface area contributed by atoms with Crippen LogP contribution < -0.4 is 16.0 Å². The topological polar surface area (TPSA) is 87.3 Å². The Morgan fingerprint density at radius 3 is 2.30 bits per heavy atom. The summed E-state index contributed by atoms with van der Waals surface area (Å²) in [6, 6.07) is 0. The van der Waals surface area contributed by atoms with Gasteiger partial charge in [0.25, 0.3) is 0 Å². The van der Waals surface area contributed by atoms with Gasteiger partial charge in [0.15, 0.2) is 0 Å². The van der Waals surface area contributed by atoms with E-state index in [0.29, 0.717) is 12.5 Å². The van der Waals surface area contributed by atoms with Crippen molar-refractivity contribution in [2.75, 3.05) is 19.6 Å². The van der Waals surface area contributed by atoms with E-state index in [9.17, 15) is 14.4 Å². The lowest BCUT2D eigenvalue weighted by Gasteiger charge is -2.26. The molecule has 0 aliphatic heterocycles. The summed E-state index contributed by atoms with van der Waals surface area (Å²) < 4.78 is 0. The molecule has 0 bridgehead atoms. The Kier molecular flexibility index (Phi) is 7.04. The van der Waals surface area contributed by atoms with E-state index in [1.165, 1.54) is 26.2 Å². The van der Waals surface area contributed by atoms with Crippen LogP contribution >= 0.6 is 0 Å². The van der Waals surface area contributed by atoms with E-state index in [1.807, 2.05) is 0 Å². The highest BCUT2D eigenvalue weighted by Crippen LogP contribution is 2.27. The number of rotatable bonds is 6. The SMILES string of the molecule is CC(=O)NCC(=O)NCC(=O)NC[C@H]1CCC[C@@H](C)C1. The molecule has 0 aromatic heterocycles. The summed E-state index contributed by atoms with van der Waals surface area (Å²) in [7, 11) is 0. The maximum atomic E-state index is 11.6. The van der Waals surface area contributed by atoms with E-state index in [2.05, 4.69) is 22.9 Å². The first-order valence-electron chi connectivity index (χ1n) is 7.25. The summed E-state index contributed by atoms with van der Waals surface area (Å²) in [5.41, 5.74) is 0. The third kappa shape index (κ3) is 7.11. The van der Waals surface area contributed by atoms with Gasteiger partial charge in [-0.05, 0) is 24.7 Å². The number of carbonyl (C=O) groups excluding carboxylic acids is 3. The number of amides is 3. The van der Waals surface area contributed by atoms with Crippen molar-refractivity contribution >= 4 is 17.7 Å². The van der Waals surface area contributed by atoms with Gasteiger partial charge in [0, 0.05) is 13.5 Å². The van der Waals surface area contributed by atoms with E-state index in [-0.39, 0.29) is 30.8 Å². The number of hydrogen-bond acceptors (Lipinski definition) is 3. The zero-order chi connectivity index (χ0) is 15.0. The van der Waals surface area contributed by atoms with Crippen molar-refractivity contribution in [2.45, 2.75) is 39.5 Å². The molecule has 6 nitrogen and oxygen atoms in total. The van der Waals surface area contributed by atoms with Crippen molar-refractivity contribution in [3.8, 4) is 0 Å². The van der Waals surface area contributed by atoms with Crippen LogP contribution in [0.3, 0.4) is 0 Å². The Labute approximate surface area is 120 Å². The minimum atomic E-state index is -0.360. The Bertz CT molecular complexity index is 358. The lowest BCUT2D eigenvalue weighted by Crippen LogP contribution is -2.42. The third-order valence-electron chi connectivity index (χ3n) is 3.58.